The van der Waals surface area contributed by atoms with Crippen molar-refractivity contribution in [1.82, 2.24) is 0 Å². The molecule has 7 heteroatoms. The SMILES string of the molecule is CCc1ccccc1N1C[C@@H](C(=O)O[C@@H](C)C(=O)Nc2ccccc2OC)CC1=O. The van der Waals surface area contributed by atoms with Gasteiger partial charge in [0.25, 0.3) is 5.91 Å². The van der Waals surface area contributed by atoms with Gasteiger partial charge in [-0.25, -0.2) is 0 Å². The zero-order valence-corrected chi connectivity index (χ0v) is 17.4. The van der Waals surface area contributed by atoms with Crippen LogP contribution in [0.4, 0.5) is 11.4 Å². The first-order valence-electron chi connectivity index (χ1n) is 9.97. The lowest BCUT2D eigenvalue weighted by atomic mass is 10.1. The molecular weight excluding hydrogens is 384 g/mol. The number of hydrogen-bond acceptors (Lipinski definition) is 5. The standard InChI is InChI=1S/C23H26N2O5/c1-4-16-9-5-7-11-19(16)25-14-17(13-21(25)26)23(28)30-15(2)22(27)24-18-10-6-8-12-20(18)29-3/h5-12,15,17H,4,13-14H2,1-3H3,(H,24,27)/t15-,17-/m0/s1. The fourth-order valence-corrected chi connectivity index (χ4v) is 3.48. The predicted octanol–water partition coefficient (Wildman–Crippen LogP) is 3.18. The first-order chi connectivity index (χ1) is 14.4. The van der Waals surface area contributed by atoms with Crippen LogP contribution >= 0.6 is 0 Å². The molecule has 3 rings (SSSR count). The highest BCUT2D eigenvalue weighted by atomic mass is 16.5. The van der Waals surface area contributed by atoms with Gasteiger partial charge in [-0.05, 0) is 37.1 Å². The molecule has 0 bridgehead atoms. The minimum Gasteiger partial charge on any atom is -0.495 e. The van der Waals surface area contributed by atoms with E-state index in [1.807, 2.05) is 31.2 Å². The Kier molecular flexibility index (Phi) is 6.72. The van der Waals surface area contributed by atoms with Crippen LogP contribution in [0.15, 0.2) is 48.5 Å². The minimum atomic E-state index is -1.01. The summed E-state index contributed by atoms with van der Waals surface area (Å²) in [6.07, 6.45) is -0.151. The van der Waals surface area contributed by atoms with Gasteiger partial charge < -0.3 is 19.7 Å². The number of carbonyl (C=O) groups is 3. The zero-order valence-electron chi connectivity index (χ0n) is 17.4. The number of anilines is 2. The van der Waals surface area contributed by atoms with E-state index in [4.69, 9.17) is 9.47 Å². The number of methoxy groups -OCH3 is 1. The van der Waals surface area contributed by atoms with Crippen LogP contribution in [0.5, 0.6) is 5.75 Å². The van der Waals surface area contributed by atoms with Crippen molar-refractivity contribution in [2.45, 2.75) is 32.8 Å². The second-order valence-electron chi connectivity index (χ2n) is 7.16. The first kappa shape index (κ1) is 21.4. The Bertz CT molecular complexity index is 943. The van der Waals surface area contributed by atoms with Crippen LogP contribution in [0.2, 0.25) is 0 Å². The molecule has 0 spiro atoms. The molecule has 1 saturated heterocycles. The fourth-order valence-electron chi connectivity index (χ4n) is 3.48. The van der Waals surface area contributed by atoms with Crippen molar-refractivity contribution in [3.63, 3.8) is 0 Å². The summed E-state index contributed by atoms with van der Waals surface area (Å²) in [6, 6.07) is 14.6. The molecule has 0 aliphatic carbocycles. The van der Waals surface area contributed by atoms with E-state index in [1.54, 1.807) is 29.2 Å². The Labute approximate surface area is 176 Å². The highest BCUT2D eigenvalue weighted by molar-refractivity contribution is 6.01. The van der Waals surface area contributed by atoms with Crippen molar-refractivity contribution in [2.24, 2.45) is 5.92 Å². The van der Waals surface area contributed by atoms with Crippen LogP contribution in [0.3, 0.4) is 0 Å². The van der Waals surface area contributed by atoms with Gasteiger partial charge in [0.2, 0.25) is 5.91 Å². The number of para-hydroxylation sites is 3. The Morgan fingerprint density at radius 1 is 1.17 bits per heavy atom. The molecular formula is C23H26N2O5. The molecule has 1 fully saturated rings. The highest BCUT2D eigenvalue weighted by Crippen LogP contribution is 2.29. The van der Waals surface area contributed by atoms with Crippen LogP contribution in [0.1, 0.15) is 25.8 Å². The fraction of sp³-hybridized carbons (Fsp3) is 0.348. The van der Waals surface area contributed by atoms with E-state index in [0.29, 0.717) is 11.4 Å². The summed E-state index contributed by atoms with van der Waals surface area (Å²) in [6.45, 7) is 3.77. The molecule has 1 aliphatic rings. The van der Waals surface area contributed by atoms with Crippen molar-refractivity contribution in [3.05, 3.63) is 54.1 Å². The molecule has 30 heavy (non-hydrogen) atoms. The van der Waals surface area contributed by atoms with Gasteiger partial charge in [0.15, 0.2) is 6.10 Å². The summed E-state index contributed by atoms with van der Waals surface area (Å²) >= 11 is 0. The van der Waals surface area contributed by atoms with Crippen LogP contribution in [0, 0.1) is 5.92 Å². The summed E-state index contributed by atoms with van der Waals surface area (Å²) in [7, 11) is 1.51. The van der Waals surface area contributed by atoms with E-state index in [0.717, 1.165) is 17.7 Å². The molecule has 7 nitrogen and oxygen atoms in total. The number of esters is 1. The van der Waals surface area contributed by atoms with E-state index < -0.39 is 23.9 Å². The van der Waals surface area contributed by atoms with Crippen molar-refractivity contribution in [1.29, 1.82) is 0 Å². The summed E-state index contributed by atoms with van der Waals surface area (Å²) in [5.74, 6) is -1.24. The van der Waals surface area contributed by atoms with E-state index >= 15 is 0 Å². The average Bonchev–Trinajstić information content (AvgIpc) is 3.15. The van der Waals surface area contributed by atoms with Crippen LogP contribution in [-0.2, 0) is 25.5 Å². The summed E-state index contributed by atoms with van der Waals surface area (Å²) < 4.78 is 10.6. The average molecular weight is 410 g/mol. The van der Waals surface area contributed by atoms with Crippen LogP contribution in [0.25, 0.3) is 0 Å². The van der Waals surface area contributed by atoms with Gasteiger partial charge in [0, 0.05) is 18.7 Å². The lowest BCUT2D eigenvalue weighted by Gasteiger charge is -2.20. The first-order valence-corrected chi connectivity index (χ1v) is 9.97. The Balaban J connectivity index is 1.62. The third-order valence-electron chi connectivity index (χ3n) is 5.15. The number of ether oxygens (including phenoxy) is 2. The topological polar surface area (TPSA) is 84.9 Å². The highest BCUT2D eigenvalue weighted by Gasteiger charge is 2.37. The number of carbonyl (C=O) groups excluding carboxylic acids is 3. The van der Waals surface area contributed by atoms with E-state index in [2.05, 4.69) is 5.32 Å². The van der Waals surface area contributed by atoms with E-state index in [1.165, 1.54) is 14.0 Å². The van der Waals surface area contributed by atoms with Crippen molar-refractivity contribution in [3.8, 4) is 5.75 Å². The van der Waals surface area contributed by atoms with Gasteiger partial charge in [-0.2, -0.15) is 0 Å². The molecule has 2 amide bonds. The number of nitrogens with zero attached hydrogens (tertiary/aromatic N) is 1. The third kappa shape index (κ3) is 4.62. The van der Waals surface area contributed by atoms with Crippen molar-refractivity contribution < 1.29 is 23.9 Å². The number of hydrogen-bond donors (Lipinski definition) is 1. The maximum absolute atomic E-state index is 12.6. The Morgan fingerprint density at radius 3 is 2.60 bits per heavy atom. The van der Waals surface area contributed by atoms with Gasteiger partial charge in [-0.15, -0.1) is 0 Å². The number of aryl methyl sites for hydroxylation is 1. The number of nitrogens with one attached hydrogen (secondary N) is 1. The smallest absolute Gasteiger partial charge is 0.312 e. The third-order valence-corrected chi connectivity index (χ3v) is 5.15. The summed E-state index contributed by atoms with van der Waals surface area (Å²) in [5.41, 5.74) is 2.36. The Morgan fingerprint density at radius 2 is 1.87 bits per heavy atom. The van der Waals surface area contributed by atoms with Crippen molar-refractivity contribution in [2.75, 3.05) is 23.9 Å². The van der Waals surface area contributed by atoms with Crippen LogP contribution in [-0.4, -0.2) is 37.5 Å². The monoisotopic (exact) mass is 410 g/mol. The predicted molar refractivity (Wildman–Crippen MR) is 113 cm³/mol. The van der Waals surface area contributed by atoms with Gasteiger partial charge in [0.1, 0.15) is 5.75 Å². The van der Waals surface area contributed by atoms with Gasteiger partial charge in [-0.1, -0.05) is 37.3 Å². The molecule has 0 aromatic heterocycles. The number of amides is 2. The zero-order chi connectivity index (χ0) is 21.7. The maximum Gasteiger partial charge on any atom is 0.312 e. The lowest BCUT2D eigenvalue weighted by molar-refractivity contribution is -0.157. The number of rotatable bonds is 7. The van der Waals surface area contributed by atoms with E-state index in [9.17, 15) is 14.4 Å². The van der Waals surface area contributed by atoms with Gasteiger partial charge >= 0.3 is 5.97 Å². The van der Waals surface area contributed by atoms with Crippen LogP contribution < -0.4 is 15.0 Å². The molecule has 1 heterocycles. The number of benzene rings is 2. The largest absolute Gasteiger partial charge is 0.495 e. The molecule has 158 valence electrons. The molecule has 2 atom stereocenters. The summed E-state index contributed by atoms with van der Waals surface area (Å²) in [4.78, 5) is 39.2. The second kappa shape index (κ2) is 9.43. The summed E-state index contributed by atoms with van der Waals surface area (Å²) in [5, 5.41) is 2.70. The lowest BCUT2D eigenvalue weighted by Crippen LogP contribution is -2.33. The molecule has 2 aromatic carbocycles. The van der Waals surface area contributed by atoms with Crippen molar-refractivity contribution >= 4 is 29.2 Å². The molecule has 1 aliphatic heterocycles. The minimum absolute atomic E-state index is 0.0672. The molecule has 0 unspecified atom stereocenters. The van der Waals surface area contributed by atoms with E-state index in [-0.39, 0.29) is 18.9 Å². The second-order valence-corrected chi connectivity index (χ2v) is 7.16. The quantitative estimate of drug-likeness (QED) is 0.709. The molecule has 0 radical (unpaired) electrons. The molecule has 2 aromatic rings. The normalized spacial score (nSPS) is 16.8. The molecule has 0 saturated carbocycles. The van der Waals surface area contributed by atoms with Gasteiger partial charge in [0.05, 0.1) is 18.7 Å². The van der Waals surface area contributed by atoms with Gasteiger partial charge in [-0.3, -0.25) is 14.4 Å². The molecule has 1 N–H and O–H groups in total. The maximum atomic E-state index is 12.6. The Hall–Kier alpha value is -3.35.